The molecule has 9 heteroatoms. The van der Waals surface area contributed by atoms with Crippen LogP contribution >= 0.6 is 0 Å². The highest BCUT2D eigenvalue weighted by Crippen LogP contribution is 2.33. The Kier molecular flexibility index (Phi) is 4.97. The third-order valence-corrected chi connectivity index (χ3v) is 6.16. The molecular formula is C22H23FN4O4. The molecule has 0 spiro atoms. The molecule has 2 aromatic heterocycles. The number of rotatable bonds is 4. The van der Waals surface area contributed by atoms with Crippen LogP contribution in [0.2, 0.25) is 0 Å². The highest BCUT2D eigenvalue weighted by atomic mass is 19.1. The summed E-state index contributed by atoms with van der Waals surface area (Å²) in [7, 11) is 1.59. The number of piperidine rings is 2. The first-order chi connectivity index (χ1) is 15.0. The molecule has 2 aliphatic heterocycles. The largest absolute Gasteiger partial charge is 0.507 e. The lowest BCUT2D eigenvalue weighted by atomic mass is 9.84. The Balaban J connectivity index is 1.33. The van der Waals surface area contributed by atoms with Crippen LogP contribution in [0.25, 0.3) is 22.5 Å². The number of nitrogens with zero attached hydrogens (tertiary/aromatic N) is 3. The van der Waals surface area contributed by atoms with Crippen molar-refractivity contribution in [1.29, 1.82) is 0 Å². The Morgan fingerprint density at radius 1 is 1.26 bits per heavy atom. The highest BCUT2D eigenvalue weighted by molar-refractivity contribution is 5.72. The first-order valence-corrected chi connectivity index (χ1v) is 10.4. The van der Waals surface area contributed by atoms with Gasteiger partial charge in [0.2, 0.25) is 5.88 Å². The molecule has 2 fully saturated rings. The number of phenols is 1. The van der Waals surface area contributed by atoms with Gasteiger partial charge in [0.15, 0.2) is 6.17 Å². The zero-order valence-electron chi connectivity index (χ0n) is 17.0. The number of aromatic hydroxyl groups is 1. The molecule has 0 saturated carbocycles. The SMILES string of the molecule is Cn1c(-c2ccc(-c3ccc(O[C@@H]4C[C@H]5CCC[C@H](N5)[C@@H]4F)nn3)c(O)c2)coc1=O. The van der Waals surface area contributed by atoms with Crippen molar-refractivity contribution >= 4 is 0 Å². The van der Waals surface area contributed by atoms with E-state index in [4.69, 9.17) is 9.15 Å². The molecule has 0 unspecified atom stereocenters. The van der Waals surface area contributed by atoms with Crippen LogP contribution in [0.15, 0.2) is 45.8 Å². The van der Waals surface area contributed by atoms with E-state index in [1.54, 1.807) is 31.3 Å². The van der Waals surface area contributed by atoms with Gasteiger partial charge in [0.1, 0.15) is 18.1 Å². The molecule has 4 atom stereocenters. The average molecular weight is 426 g/mol. The first kappa shape index (κ1) is 19.7. The molecule has 162 valence electrons. The van der Waals surface area contributed by atoms with Crippen LogP contribution in [0.4, 0.5) is 4.39 Å². The second kappa shape index (κ2) is 7.81. The summed E-state index contributed by atoms with van der Waals surface area (Å²) >= 11 is 0. The minimum Gasteiger partial charge on any atom is -0.507 e. The zero-order valence-corrected chi connectivity index (χ0v) is 17.0. The van der Waals surface area contributed by atoms with Gasteiger partial charge in [-0.05, 0) is 31.0 Å². The molecule has 5 rings (SSSR count). The fourth-order valence-corrected chi connectivity index (χ4v) is 4.49. The second-order valence-electron chi connectivity index (χ2n) is 8.17. The minimum atomic E-state index is -1.08. The molecule has 2 bridgehead atoms. The molecule has 31 heavy (non-hydrogen) atoms. The molecule has 0 radical (unpaired) electrons. The van der Waals surface area contributed by atoms with Gasteiger partial charge in [-0.2, -0.15) is 0 Å². The predicted molar refractivity (Wildman–Crippen MR) is 111 cm³/mol. The van der Waals surface area contributed by atoms with E-state index in [2.05, 4.69) is 15.5 Å². The monoisotopic (exact) mass is 426 g/mol. The van der Waals surface area contributed by atoms with Crippen molar-refractivity contribution < 1.29 is 18.7 Å². The molecular weight excluding hydrogens is 403 g/mol. The first-order valence-electron chi connectivity index (χ1n) is 10.4. The maximum Gasteiger partial charge on any atom is 0.419 e. The van der Waals surface area contributed by atoms with Crippen LogP contribution in [0.5, 0.6) is 11.6 Å². The van der Waals surface area contributed by atoms with Crippen LogP contribution < -0.4 is 15.8 Å². The van der Waals surface area contributed by atoms with Gasteiger partial charge >= 0.3 is 5.76 Å². The van der Waals surface area contributed by atoms with Gasteiger partial charge in [-0.1, -0.05) is 12.5 Å². The molecule has 1 aromatic carbocycles. The number of halogens is 1. The maximum atomic E-state index is 14.7. The Morgan fingerprint density at radius 3 is 2.84 bits per heavy atom. The smallest absolute Gasteiger partial charge is 0.419 e. The summed E-state index contributed by atoms with van der Waals surface area (Å²) in [5, 5.41) is 22.1. The van der Waals surface area contributed by atoms with Gasteiger partial charge < -0.3 is 19.6 Å². The zero-order chi connectivity index (χ0) is 21.5. The lowest BCUT2D eigenvalue weighted by molar-refractivity contribution is 0.00652. The van der Waals surface area contributed by atoms with Gasteiger partial charge in [0, 0.05) is 42.7 Å². The van der Waals surface area contributed by atoms with Crippen molar-refractivity contribution in [2.24, 2.45) is 7.05 Å². The van der Waals surface area contributed by atoms with E-state index < -0.39 is 18.0 Å². The van der Waals surface area contributed by atoms with Crippen molar-refractivity contribution in [2.45, 2.75) is 50.0 Å². The van der Waals surface area contributed by atoms with E-state index in [-0.39, 0.29) is 23.7 Å². The summed E-state index contributed by atoms with van der Waals surface area (Å²) in [4.78, 5) is 11.5. The normalized spacial score (nSPS) is 25.4. The van der Waals surface area contributed by atoms with E-state index in [9.17, 15) is 14.3 Å². The van der Waals surface area contributed by atoms with Crippen LogP contribution in [0.1, 0.15) is 25.7 Å². The maximum absolute atomic E-state index is 14.7. The van der Waals surface area contributed by atoms with Gasteiger partial charge in [-0.3, -0.25) is 4.57 Å². The number of hydrogen-bond donors (Lipinski definition) is 2. The summed E-state index contributed by atoms with van der Waals surface area (Å²) < 4.78 is 26.8. The molecule has 8 nitrogen and oxygen atoms in total. The minimum absolute atomic E-state index is 0.0101. The van der Waals surface area contributed by atoms with E-state index in [1.165, 1.54) is 16.9 Å². The van der Waals surface area contributed by atoms with Gasteiger partial charge in [0.05, 0.1) is 11.4 Å². The lowest BCUT2D eigenvalue weighted by Crippen LogP contribution is -2.59. The van der Waals surface area contributed by atoms with E-state index in [0.29, 0.717) is 28.9 Å². The third kappa shape index (κ3) is 3.69. The summed E-state index contributed by atoms with van der Waals surface area (Å²) in [6, 6.07) is 8.43. The quantitative estimate of drug-likeness (QED) is 0.661. The number of hydrogen-bond acceptors (Lipinski definition) is 7. The van der Waals surface area contributed by atoms with Crippen molar-refractivity contribution in [2.75, 3.05) is 0 Å². The Morgan fingerprint density at radius 2 is 2.13 bits per heavy atom. The Bertz CT molecular complexity index is 1140. The van der Waals surface area contributed by atoms with Crippen molar-refractivity contribution in [3.8, 4) is 34.1 Å². The number of aromatic nitrogens is 3. The van der Waals surface area contributed by atoms with Crippen LogP contribution in [0.3, 0.4) is 0 Å². The standard InChI is InChI=1S/C22H23FN4O4/c1-27-17(11-30-22(27)29)12-5-6-14(18(28)9-12)15-7-8-20(26-25-15)31-19-10-13-3-2-4-16(24-13)21(19)23/h5-9,11,13,16,19,21,24,28H,2-4,10H2,1H3/t13-,16+,19-,21+/m1/s1. The van der Waals surface area contributed by atoms with Crippen molar-refractivity contribution in [3.05, 3.63) is 47.1 Å². The van der Waals surface area contributed by atoms with E-state index in [1.807, 2.05) is 0 Å². The molecule has 0 aliphatic carbocycles. The van der Waals surface area contributed by atoms with Gasteiger partial charge in [0.25, 0.3) is 0 Å². The molecule has 2 saturated heterocycles. The van der Waals surface area contributed by atoms with Crippen LogP contribution in [0, 0.1) is 0 Å². The number of oxazole rings is 1. The number of alkyl halides is 1. The highest BCUT2D eigenvalue weighted by Gasteiger charge is 2.41. The summed E-state index contributed by atoms with van der Waals surface area (Å²) in [6.45, 7) is 0. The summed E-state index contributed by atoms with van der Waals surface area (Å²) in [5.74, 6) is -0.224. The number of phenolic OH excluding ortho intramolecular Hbond substituents is 1. The number of benzene rings is 1. The van der Waals surface area contributed by atoms with E-state index in [0.717, 1.165) is 19.3 Å². The second-order valence-corrected chi connectivity index (χ2v) is 8.17. The molecule has 2 aliphatic rings. The molecule has 0 amide bonds. The number of fused-ring (bicyclic) bond motifs is 2. The average Bonchev–Trinajstić information content (AvgIpc) is 3.11. The van der Waals surface area contributed by atoms with Gasteiger partial charge in [-0.25, -0.2) is 9.18 Å². The van der Waals surface area contributed by atoms with Crippen molar-refractivity contribution in [1.82, 2.24) is 20.1 Å². The number of nitrogens with one attached hydrogen (secondary N) is 1. The summed E-state index contributed by atoms with van der Waals surface area (Å²) in [5.41, 5.74) is 2.12. The fraction of sp³-hybridized carbons (Fsp3) is 0.409. The lowest BCUT2D eigenvalue weighted by Gasteiger charge is -2.42. The van der Waals surface area contributed by atoms with Crippen LogP contribution in [-0.4, -0.2) is 44.2 Å². The predicted octanol–water partition coefficient (Wildman–Crippen LogP) is 2.81. The third-order valence-electron chi connectivity index (χ3n) is 6.16. The summed E-state index contributed by atoms with van der Waals surface area (Å²) in [6.07, 6.45) is 3.25. The Hall–Kier alpha value is -3.20. The van der Waals surface area contributed by atoms with Gasteiger partial charge in [-0.15, -0.1) is 10.2 Å². The fourth-order valence-electron chi connectivity index (χ4n) is 4.49. The topological polar surface area (TPSA) is 102 Å². The van der Waals surface area contributed by atoms with E-state index >= 15 is 0 Å². The van der Waals surface area contributed by atoms with Crippen LogP contribution in [-0.2, 0) is 7.05 Å². The van der Waals surface area contributed by atoms with Crippen molar-refractivity contribution in [3.63, 3.8) is 0 Å². The Labute approximate surface area is 177 Å². The molecule has 2 N–H and O–H groups in total. The number of ether oxygens (including phenoxy) is 1. The molecule has 4 heterocycles. The molecule has 3 aromatic rings.